The quantitative estimate of drug-likeness (QED) is 0.746. The van der Waals surface area contributed by atoms with E-state index in [2.05, 4.69) is 31.2 Å². The zero-order valence-corrected chi connectivity index (χ0v) is 14.8. The monoisotopic (exact) mass is 339 g/mol. The Balaban J connectivity index is 1.80. The van der Waals surface area contributed by atoms with Crippen LogP contribution in [0.4, 0.5) is 0 Å². The smallest absolute Gasteiger partial charge is 0.231 e. The predicted octanol–water partition coefficient (Wildman–Crippen LogP) is 4.37. The maximum atomic E-state index is 13.0. The van der Waals surface area contributed by atoms with Gasteiger partial charge in [-0.2, -0.15) is 0 Å². The molecule has 1 aromatic carbocycles. The zero-order valence-electron chi connectivity index (χ0n) is 13.2. The molecular formula is C18H23Cl2NO. The van der Waals surface area contributed by atoms with Crippen LogP contribution >= 0.6 is 23.2 Å². The maximum Gasteiger partial charge on any atom is 0.231 e. The van der Waals surface area contributed by atoms with E-state index in [1.165, 1.54) is 11.1 Å². The van der Waals surface area contributed by atoms with Gasteiger partial charge in [-0.15, -0.1) is 23.2 Å². The summed E-state index contributed by atoms with van der Waals surface area (Å²) in [5.74, 6) is 0.128. The Bertz CT molecular complexity index is 586. The molecule has 2 aliphatic rings. The summed E-state index contributed by atoms with van der Waals surface area (Å²) in [4.78, 5) is 15.0. The SMILES string of the molecule is CCCN(C(=O)C1(C)CC1(Cl)Cl)C1CCc2ccccc2C1. The van der Waals surface area contributed by atoms with Crippen molar-refractivity contribution in [1.82, 2.24) is 4.90 Å². The molecule has 1 saturated carbocycles. The molecule has 2 unspecified atom stereocenters. The molecule has 3 rings (SSSR count). The third-order valence-corrected chi connectivity index (χ3v) is 6.32. The highest BCUT2D eigenvalue weighted by atomic mass is 35.5. The second-order valence-electron chi connectivity index (χ2n) is 6.88. The third-order valence-electron chi connectivity index (χ3n) is 5.22. The number of carbonyl (C=O) groups excluding carboxylic acids is 1. The standard InChI is InChI=1S/C18H23Cl2NO/c1-3-10-21(16(22)17(2)12-18(17,19)20)15-9-8-13-6-4-5-7-14(13)11-15/h4-7,15H,3,8-12H2,1-2H3. The van der Waals surface area contributed by atoms with Gasteiger partial charge in [-0.1, -0.05) is 31.2 Å². The van der Waals surface area contributed by atoms with Crippen LogP contribution in [0.2, 0.25) is 0 Å². The lowest BCUT2D eigenvalue weighted by molar-refractivity contribution is -0.139. The van der Waals surface area contributed by atoms with E-state index in [-0.39, 0.29) is 11.9 Å². The second kappa shape index (κ2) is 5.72. The molecule has 0 aromatic heterocycles. The number of aryl methyl sites for hydroxylation is 1. The van der Waals surface area contributed by atoms with Crippen LogP contribution in [0.5, 0.6) is 0 Å². The summed E-state index contributed by atoms with van der Waals surface area (Å²) in [6.45, 7) is 4.79. The molecule has 0 N–H and O–H groups in total. The summed E-state index contributed by atoms with van der Waals surface area (Å²) >= 11 is 12.5. The van der Waals surface area contributed by atoms with Gasteiger partial charge in [0.2, 0.25) is 5.91 Å². The Labute approximate surface area is 142 Å². The van der Waals surface area contributed by atoms with Crippen molar-refractivity contribution in [3.8, 4) is 0 Å². The molecule has 0 radical (unpaired) electrons. The summed E-state index contributed by atoms with van der Waals surface area (Å²) < 4.78 is -0.886. The van der Waals surface area contributed by atoms with Gasteiger partial charge in [0.25, 0.3) is 0 Å². The van der Waals surface area contributed by atoms with Crippen molar-refractivity contribution in [2.24, 2.45) is 5.41 Å². The van der Waals surface area contributed by atoms with E-state index in [0.717, 1.165) is 32.2 Å². The van der Waals surface area contributed by atoms with Crippen molar-refractivity contribution >= 4 is 29.1 Å². The van der Waals surface area contributed by atoms with Crippen LogP contribution in [0.25, 0.3) is 0 Å². The van der Waals surface area contributed by atoms with Gasteiger partial charge in [-0.25, -0.2) is 0 Å². The number of nitrogens with zero attached hydrogens (tertiary/aromatic N) is 1. The van der Waals surface area contributed by atoms with Crippen molar-refractivity contribution in [2.45, 2.75) is 56.3 Å². The van der Waals surface area contributed by atoms with Crippen molar-refractivity contribution in [2.75, 3.05) is 6.54 Å². The minimum atomic E-state index is -0.886. The zero-order chi connectivity index (χ0) is 16.0. The number of amides is 1. The van der Waals surface area contributed by atoms with Gasteiger partial charge in [0.1, 0.15) is 4.33 Å². The van der Waals surface area contributed by atoms with Gasteiger partial charge in [0.15, 0.2) is 0 Å². The molecule has 0 aliphatic heterocycles. The number of halogens is 2. The number of fused-ring (bicyclic) bond motifs is 1. The number of rotatable bonds is 4. The highest BCUT2D eigenvalue weighted by Crippen LogP contribution is 2.64. The molecule has 1 aromatic rings. The fourth-order valence-corrected chi connectivity index (χ4v) is 4.28. The predicted molar refractivity (Wildman–Crippen MR) is 91.4 cm³/mol. The van der Waals surface area contributed by atoms with Crippen molar-refractivity contribution < 1.29 is 4.79 Å². The minimum Gasteiger partial charge on any atom is -0.339 e. The van der Waals surface area contributed by atoms with E-state index < -0.39 is 9.75 Å². The van der Waals surface area contributed by atoms with E-state index >= 15 is 0 Å². The van der Waals surface area contributed by atoms with Crippen LogP contribution in [0.1, 0.15) is 44.2 Å². The number of alkyl halides is 2. The topological polar surface area (TPSA) is 20.3 Å². The first kappa shape index (κ1) is 16.1. The molecule has 0 heterocycles. The lowest BCUT2D eigenvalue weighted by atomic mass is 9.87. The van der Waals surface area contributed by atoms with Gasteiger partial charge in [0.05, 0.1) is 5.41 Å². The molecule has 0 bridgehead atoms. The number of hydrogen-bond donors (Lipinski definition) is 0. The lowest BCUT2D eigenvalue weighted by Gasteiger charge is -2.37. The van der Waals surface area contributed by atoms with Crippen LogP contribution < -0.4 is 0 Å². The first-order chi connectivity index (χ1) is 10.4. The van der Waals surface area contributed by atoms with Gasteiger partial charge in [-0.3, -0.25) is 4.79 Å². The molecule has 120 valence electrons. The Hall–Kier alpha value is -0.730. The first-order valence-electron chi connectivity index (χ1n) is 8.15. The minimum absolute atomic E-state index is 0.128. The fourth-order valence-electron chi connectivity index (χ4n) is 3.58. The first-order valence-corrected chi connectivity index (χ1v) is 8.90. The molecule has 2 aliphatic carbocycles. The normalized spacial score (nSPS) is 28.8. The molecule has 2 nitrogen and oxygen atoms in total. The summed E-state index contributed by atoms with van der Waals surface area (Å²) in [6, 6.07) is 8.82. The Kier molecular flexibility index (Phi) is 4.20. The van der Waals surface area contributed by atoms with E-state index in [4.69, 9.17) is 23.2 Å². The van der Waals surface area contributed by atoms with Crippen molar-refractivity contribution in [3.63, 3.8) is 0 Å². The number of carbonyl (C=O) groups is 1. The van der Waals surface area contributed by atoms with E-state index in [9.17, 15) is 4.79 Å². The molecule has 2 atom stereocenters. The highest BCUT2D eigenvalue weighted by Gasteiger charge is 2.69. The number of hydrogen-bond acceptors (Lipinski definition) is 1. The van der Waals surface area contributed by atoms with Gasteiger partial charge in [-0.05, 0) is 50.2 Å². The summed E-state index contributed by atoms with van der Waals surface area (Å²) in [6.07, 6.45) is 4.52. The Morgan fingerprint density at radius 3 is 2.55 bits per heavy atom. The van der Waals surface area contributed by atoms with Crippen molar-refractivity contribution in [1.29, 1.82) is 0 Å². The maximum absolute atomic E-state index is 13.0. The summed E-state index contributed by atoms with van der Waals surface area (Å²) in [5.41, 5.74) is 2.18. The lowest BCUT2D eigenvalue weighted by Crippen LogP contribution is -2.47. The molecule has 0 saturated heterocycles. The summed E-state index contributed by atoms with van der Waals surface area (Å²) in [5, 5.41) is 0. The van der Waals surface area contributed by atoms with Gasteiger partial charge >= 0.3 is 0 Å². The number of benzene rings is 1. The molecule has 4 heteroatoms. The van der Waals surface area contributed by atoms with Crippen LogP contribution in [-0.2, 0) is 17.6 Å². The van der Waals surface area contributed by atoms with Crippen LogP contribution in [0.15, 0.2) is 24.3 Å². The Morgan fingerprint density at radius 1 is 1.32 bits per heavy atom. The van der Waals surface area contributed by atoms with Gasteiger partial charge < -0.3 is 4.90 Å². The highest BCUT2D eigenvalue weighted by molar-refractivity contribution is 6.53. The molecule has 1 amide bonds. The van der Waals surface area contributed by atoms with Gasteiger partial charge in [0, 0.05) is 12.6 Å². The average Bonchev–Trinajstić information content (AvgIpc) is 3.03. The van der Waals surface area contributed by atoms with Crippen LogP contribution in [0, 0.1) is 5.41 Å². The second-order valence-corrected chi connectivity index (χ2v) is 8.36. The van der Waals surface area contributed by atoms with E-state index in [0.29, 0.717) is 6.42 Å². The molecular weight excluding hydrogens is 317 g/mol. The fraction of sp³-hybridized carbons (Fsp3) is 0.611. The summed E-state index contributed by atoms with van der Waals surface area (Å²) in [7, 11) is 0. The van der Waals surface area contributed by atoms with Crippen LogP contribution in [-0.4, -0.2) is 27.7 Å². The molecule has 0 spiro atoms. The van der Waals surface area contributed by atoms with Crippen molar-refractivity contribution in [3.05, 3.63) is 35.4 Å². The largest absolute Gasteiger partial charge is 0.339 e. The average molecular weight is 340 g/mol. The van der Waals surface area contributed by atoms with E-state index in [1.807, 2.05) is 11.8 Å². The third kappa shape index (κ3) is 2.65. The molecule has 22 heavy (non-hydrogen) atoms. The van der Waals surface area contributed by atoms with Crippen LogP contribution in [0.3, 0.4) is 0 Å². The molecule has 1 fully saturated rings. The van der Waals surface area contributed by atoms with E-state index in [1.54, 1.807) is 0 Å². The Morgan fingerprint density at radius 2 is 1.95 bits per heavy atom.